The van der Waals surface area contributed by atoms with Crippen molar-refractivity contribution < 1.29 is 4.42 Å². The highest BCUT2D eigenvalue weighted by Gasteiger charge is 2.19. The number of piperazine rings is 1. The summed E-state index contributed by atoms with van der Waals surface area (Å²) >= 11 is 6.12. The van der Waals surface area contributed by atoms with Crippen LogP contribution in [0.25, 0.3) is 0 Å². The number of anilines is 3. The summed E-state index contributed by atoms with van der Waals surface area (Å²) in [5, 5.41) is 4.01. The lowest BCUT2D eigenvalue weighted by atomic mass is 10.2. The number of aromatic nitrogens is 2. The number of halogens is 1. The van der Waals surface area contributed by atoms with Crippen LogP contribution in [0, 0.1) is 6.92 Å². The summed E-state index contributed by atoms with van der Waals surface area (Å²) in [5.74, 6) is 2.44. The lowest BCUT2D eigenvalue weighted by Gasteiger charge is -2.37. The predicted octanol–water partition coefficient (Wildman–Crippen LogP) is 3.97. The van der Waals surface area contributed by atoms with Gasteiger partial charge in [0.25, 0.3) is 0 Å². The van der Waals surface area contributed by atoms with Crippen LogP contribution in [-0.4, -0.2) is 36.1 Å². The number of furan rings is 1. The van der Waals surface area contributed by atoms with E-state index in [9.17, 15) is 0 Å². The Morgan fingerprint density at radius 2 is 1.85 bits per heavy atom. The van der Waals surface area contributed by atoms with Gasteiger partial charge in [0.15, 0.2) is 0 Å². The molecule has 1 N–H and O–H groups in total. The van der Waals surface area contributed by atoms with Crippen molar-refractivity contribution in [2.24, 2.45) is 0 Å². The highest BCUT2D eigenvalue weighted by atomic mass is 35.5. The average Bonchev–Trinajstić information content (AvgIpc) is 3.20. The number of hydrogen-bond acceptors (Lipinski definition) is 6. The second-order valence-corrected chi connectivity index (χ2v) is 7.01. The molecule has 4 rings (SSSR count). The molecule has 3 aromatic rings. The minimum Gasteiger partial charge on any atom is -0.467 e. The van der Waals surface area contributed by atoms with Gasteiger partial charge in [-0.05, 0) is 37.3 Å². The Balaban J connectivity index is 1.41. The Morgan fingerprint density at radius 1 is 1.04 bits per heavy atom. The summed E-state index contributed by atoms with van der Waals surface area (Å²) < 4.78 is 5.35. The van der Waals surface area contributed by atoms with E-state index in [0.29, 0.717) is 12.5 Å². The fourth-order valence-electron chi connectivity index (χ4n) is 3.24. The van der Waals surface area contributed by atoms with Gasteiger partial charge in [0.2, 0.25) is 5.95 Å². The smallest absolute Gasteiger partial charge is 0.225 e. The van der Waals surface area contributed by atoms with Gasteiger partial charge in [0.1, 0.15) is 11.6 Å². The molecule has 6 nitrogen and oxygen atoms in total. The van der Waals surface area contributed by atoms with Crippen LogP contribution < -0.4 is 15.1 Å². The Bertz CT molecular complexity index is 891. The highest BCUT2D eigenvalue weighted by Crippen LogP contribution is 2.23. The molecule has 0 amide bonds. The number of benzene rings is 1. The molecule has 1 aliphatic heterocycles. The Morgan fingerprint density at radius 3 is 2.59 bits per heavy atom. The normalized spacial score (nSPS) is 14.4. The second kappa shape index (κ2) is 7.88. The van der Waals surface area contributed by atoms with E-state index < -0.39 is 0 Å². The molecule has 1 aliphatic rings. The third kappa shape index (κ3) is 4.34. The van der Waals surface area contributed by atoms with Crippen molar-refractivity contribution in [2.75, 3.05) is 41.3 Å². The fraction of sp³-hybridized carbons (Fsp3) is 0.300. The van der Waals surface area contributed by atoms with Crippen LogP contribution in [0.2, 0.25) is 5.02 Å². The topological polar surface area (TPSA) is 57.4 Å². The summed E-state index contributed by atoms with van der Waals surface area (Å²) in [6.07, 6.45) is 1.67. The molecule has 0 saturated carbocycles. The van der Waals surface area contributed by atoms with Gasteiger partial charge in [-0.1, -0.05) is 17.7 Å². The average molecular weight is 384 g/mol. The van der Waals surface area contributed by atoms with E-state index in [1.54, 1.807) is 6.26 Å². The number of nitrogens with zero attached hydrogens (tertiary/aromatic N) is 4. The summed E-state index contributed by atoms with van der Waals surface area (Å²) in [6.45, 7) is 6.22. The first-order chi connectivity index (χ1) is 13.2. The molecule has 1 saturated heterocycles. The van der Waals surface area contributed by atoms with Gasteiger partial charge in [-0.3, -0.25) is 0 Å². The van der Waals surface area contributed by atoms with Gasteiger partial charge in [0, 0.05) is 48.6 Å². The lowest BCUT2D eigenvalue weighted by molar-refractivity contribution is 0.517. The maximum atomic E-state index is 6.12. The maximum Gasteiger partial charge on any atom is 0.225 e. The zero-order valence-electron chi connectivity index (χ0n) is 15.2. The van der Waals surface area contributed by atoms with Crippen molar-refractivity contribution in [3.05, 3.63) is 65.2 Å². The number of hydrogen-bond donors (Lipinski definition) is 1. The standard InChI is InChI=1S/C20H22ClN5O/c1-15-12-19(24-20(23-15)22-14-18-6-3-11-27-18)26-9-7-25(8-10-26)17-5-2-4-16(21)13-17/h2-6,11-13H,7-10,14H2,1H3,(H,22,23,24). The first kappa shape index (κ1) is 17.7. The van der Waals surface area contributed by atoms with E-state index >= 15 is 0 Å². The molecule has 0 radical (unpaired) electrons. The van der Waals surface area contributed by atoms with Crippen molar-refractivity contribution in [1.29, 1.82) is 0 Å². The van der Waals surface area contributed by atoms with Gasteiger partial charge in [-0.25, -0.2) is 4.98 Å². The maximum absolute atomic E-state index is 6.12. The third-order valence-corrected chi connectivity index (χ3v) is 4.85. The molecule has 1 fully saturated rings. The van der Waals surface area contributed by atoms with E-state index in [-0.39, 0.29) is 0 Å². The van der Waals surface area contributed by atoms with Crippen LogP contribution in [-0.2, 0) is 6.54 Å². The molecule has 140 valence electrons. The molecule has 0 unspecified atom stereocenters. The van der Waals surface area contributed by atoms with Gasteiger partial charge in [-0.15, -0.1) is 0 Å². The molecule has 3 heterocycles. The Labute approximate surface area is 163 Å². The minimum absolute atomic E-state index is 0.568. The van der Waals surface area contributed by atoms with Crippen LogP contribution in [0.3, 0.4) is 0 Å². The summed E-state index contributed by atoms with van der Waals surface area (Å²) in [5.41, 5.74) is 2.11. The largest absolute Gasteiger partial charge is 0.467 e. The van der Waals surface area contributed by atoms with E-state index in [2.05, 4.69) is 26.2 Å². The van der Waals surface area contributed by atoms with Crippen molar-refractivity contribution in [3.8, 4) is 0 Å². The van der Waals surface area contributed by atoms with Crippen molar-refractivity contribution >= 4 is 29.1 Å². The van der Waals surface area contributed by atoms with E-state index in [0.717, 1.165) is 48.5 Å². The molecule has 0 spiro atoms. The van der Waals surface area contributed by atoms with Crippen LogP contribution in [0.15, 0.2) is 53.1 Å². The molecule has 2 aromatic heterocycles. The summed E-state index contributed by atoms with van der Waals surface area (Å²) in [6, 6.07) is 13.9. The van der Waals surface area contributed by atoms with Crippen LogP contribution in [0.4, 0.5) is 17.5 Å². The van der Waals surface area contributed by atoms with Crippen molar-refractivity contribution in [2.45, 2.75) is 13.5 Å². The lowest BCUT2D eigenvalue weighted by Crippen LogP contribution is -2.46. The predicted molar refractivity (Wildman–Crippen MR) is 109 cm³/mol. The first-order valence-corrected chi connectivity index (χ1v) is 9.42. The SMILES string of the molecule is Cc1cc(N2CCN(c3cccc(Cl)c3)CC2)nc(NCc2ccco2)n1. The highest BCUT2D eigenvalue weighted by molar-refractivity contribution is 6.30. The molecule has 0 bridgehead atoms. The summed E-state index contributed by atoms with van der Waals surface area (Å²) in [7, 11) is 0. The molecule has 0 aliphatic carbocycles. The number of nitrogens with one attached hydrogen (secondary N) is 1. The van der Waals surface area contributed by atoms with Crippen molar-refractivity contribution in [1.82, 2.24) is 9.97 Å². The van der Waals surface area contributed by atoms with Gasteiger partial charge in [-0.2, -0.15) is 4.98 Å². The van der Waals surface area contributed by atoms with Gasteiger partial charge < -0.3 is 19.5 Å². The molecule has 1 aromatic carbocycles. The van der Waals surface area contributed by atoms with Crippen LogP contribution >= 0.6 is 11.6 Å². The van der Waals surface area contributed by atoms with Crippen LogP contribution in [0.5, 0.6) is 0 Å². The molecule has 0 atom stereocenters. The zero-order valence-corrected chi connectivity index (χ0v) is 16.0. The quantitative estimate of drug-likeness (QED) is 0.719. The van der Waals surface area contributed by atoms with E-state index in [4.69, 9.17) is 21.0 Å². The number of rotatable bonds is 5. The zero-order chi connectivity index (χ0) is 18.6. The van der Waals surface area contributed by atoms with Gasteiger partial charge in [0.05, 0.1) is 12.8 Å². The summed E-state index contributed by atoms with van der Waals surface area (Å²) in [4.78, 5) is 13.8. The molecular weight excluding hydrogens is 362 g/mol. The Kier molecular flexibility index (Phi) is 5.16. The fourth-order valence-corrected chi connectivity index (χ4v) is 3.42. The Hall–Kier alpha value is -2.73. The second-order valence-electron chi connectivity index (χ2n) is 6.58. The van der Waals surface area contributed by atoms with E-state index in [1.165, 1.54) is 5.69 Å². The number of aryl methyl sites for hydroxylation is 1. The first-order valence-electron chi connectivity index (χ1n) is 9.05. The third-order valence-electron chi connectivity index (χ3n) is 4.62. The van der Waals surface area contributed by atoms with Gasteiger partial charge >= 0.3 is 0 Å². The van der Waals surface area contributed by atoms with Crippen molar-refractivity contribution in [3.63, 3.8) is 0 Å². The monoisotopic (exact) mass is 383 g/mol. The molecule has 7 heteroatoms. The molecular formula is C20H22ClN5O. The molecule has 27 heavy (non-hydrogen) atoms. The van der Waals surface area contributed by atoms with Crippen LogP contribution in [0.1, 0.15) is 11.5 Å². The van der Waals surface area contributed by atoms with E-state index in [1.807, 2.05) is 43.3 Å². The minimum atomic E-state index is 0.568.